The topological polar surface area (TPSA) is 73.6 Å². The van der Waals surface area contributed by atoms with Gasteiger partial charge in [-0.1, -0.05) is 6.92 Å². The van der Waals surface area contributed by atoms with Crippen LogP contribution in [-0.4, -0.2) is 57.5 Å². The lowest BCUT2D eigenvalue weighted by atomic mass is 10.2. The Hall–Kier alpha value is -1.62. The molecule has 0 bridgehead atoms. The minimum Gasteiger partial charge on any atom is -0.492 e. The van der Waals surface area contributed by atoms with E-state index in [0.29, 0.717) is 38.5 Å². The Morgan fingerprint density at radius 3 is 2.55 bits per heavy atom. The summed E-state index contributed by atoms with van der Waals surface area (Å²) in [6, 6.07) is 6.49. The molecule has 7 heteroatoms. The highest BCUT2D eigenvalue weighted by Crippen LogP contribution is 2.25. The van der Waals surface area contributed by atoms with Crippen molar-refractivity contribution in [2.75, 3.05) is 39.8 Å². The van der Waals surface area contributed by atoms with E-state index in [9.17, 15) is 13.7 Å². The standard InChI is InChI=1S/C15H21N3O3S/c1-3-10-21-15-5-4-14(11-13(15)12-16)22(19,20)18-8-6-17(2)7-9-18/h4-5,11H,3,6-10H2,1-2H3. The van der Waals surface area contributed by atoms with Crippen molar-refractivity contribution in [3.63, 3.8) is 0 Å². The van der Waals surface area contributed by atoms with Crippen LogP contribution in [0.4, 0.5) is 0 Å². The van der Waals surface area contributed by atoms with Gasteiger partial charge in [0.1, 0.15) is 11.8 Å². The van der Waals surface area contributed by atoms with E-state index < -0.39 is 10.0 Å². The first-order chi connectivity index (χ1) is 10.5. The molecule has 1 aliphatic rings. The van der Waals surface area contributed by atoms with Crippen molar-refractivity contribution < 1.29 is 13.2 Å². The molecule has 0 unspecified atom stereocenters. The molecule has 0 spiro atoms. The molecule has 0 amide bonds. The lowest BCUT2D eigenvalue weighted by molar-refractivity contribution is 0.222. The van der Waals surface area contributed by atoms with Crippen LogP contribution in [0.5, 0.6) is 5.75 Å². The average Bonchev–Trinajstić information content (AvgIpc) is 2.53. The Bertz CT molecular complexity index is 659. The third-order valence-electron chi connectivity index (χ3n) is 3.63. The molecule has 0 saturated carbocycles. The summed E-state index contributed by atoms with van der Waals surface area (Å²) in [5, 5.41) is 9.21. The molecule has 1 aromatic carbocycles. The molecule has 2 rings (SSSR count). The van der Waals surface area contributed by atoms with Gasteiger partial charge in [-0.05, 0) is 31.7 Å². The monoisotopic (exact) mass is 323 g/mol. The van der Waals surface area contributed by atoms with Crippen molar-refractivity contribution in [2.45, 2.75) is 18.2 Å². The predicted octanol–water partition coefficient (Wildman–Crippen LogP) is 1.28. The minimum absolute atomic E-state index is 0.150. The average molecular weight is 323 g/mol. The van der Waals surface area contributed by atoms with Crippen LogP contribution in [0.2, 0.25) is 0 Å². The van der Waals surface area contributed by atoms with Gasteiger partial charge in [-0.3, -0.25) is 0 Å². The molecule has 6 nitrogen and oxygen atoms in total. The van der Waals surface area contributed by atoms with Gasteiger partial charge >= 0.3 is 0 Å². The molecule has 1 aromatic rings. The Morgan fingerprint density at radius 1 is 1.27 bits per heavy atom. The number of nitrogens with zero attached hydrogens (tertiary/aromatic N) is 3. The summed E-state index contributed by atoms with van der Waals surface area (Å²) in [6.07, 6.45) is 0.826. The number of hydrogen-bond donors (Lipinski definition) is 0. The Labute approximate surface area is 131 Å². The molecule has 0 atom stereocenters. The van der Waals surface area contributed by atoms with Gasteiger partial charge in [-0.15, -0.1) is 0 Å². The van der Waals surface area contributed by atoms with Crippen LogP contribution in [-0.2, 0) is 10.0 Å². The zero-order valence-corrected chi connectivity index (χ0v) is 13.8. The van der Waals surface area contributed by atoms with Crippen LogP contribution in [0.3, 0.4) is 0 Å². The zero-order valence-electron chi connectivity index (χ0n) is 12.9. The fraction of sp³-hybridized carbons (Fsp3) is 0.533. The SMILES string of the molecule is CCCOc1ccc(S(=O)(=O)N2CCN(C)CC2)cc1C#N. The van der Waals surface area contributed by atoms with Crippen LogP contribution in [0.25, 0.3) is 0 Å². The molecule has 22 heavy (non-hydrogen) atoms. The first kappa shape index (κ1) is 16.7. The molecule has 1 saturated heterocycles. The lowest BCUT2D eigenvalue weighted by Crippen LogP contribution is -2.47. The third-order valence-corrected chi connectivity index (χ3v) is 5.53. The van der Waals surface area contributed by atoms with Gasteiger partial charge < -0.3 is 9.64 Å². The van der Waals surface area contributed by atoms with Crippen molar-refractivity contribution in [1.82, 2.24) is 9.21 Å². The highest BCUT2D eigenvalue weighted by atomic mass is 32.2. The smallest absolute Gasteiger partial charge is 0.243 e. The highest BCUT2D eigenvalue weighted by Gasteiger charge is 2.28. The summed E-state index contributed by atoms with van der Waals surface area (Å²) in [5.41, 5.74) is 0.253. The summed E-state index contributed by atoms with van der Waals surface area (Å²) in [7, 11) is -1.59. The van der Waals surface area contributed by atoms with Gasteiger partial charge in [0.15, 0.2) is 0 Å². The quantitative estimate of drug-likeness (QED) is 0.816. The van der Waals surface area contributed by atoms with Gasteiger partial charge in [0, 0.05) is 26.2 Å². The maximum Gasteiger partial charge on any atom is 0.243 e. The fourth-order valence-corrected chi connectivity index (χ4v) is 3.72. The molecule has 1 aliphatic heterocycles. The molecule has 120 valence electrons. The van der Waals surface area contributed by atoms with E-state index in [1.807, 2.05) is 20.0 Å². The fourth-order valence-electron chi connectivity index (χ4n) is 2.27. The van der Waals surface area contributed by atoms with Crippen LogP contribution in [0.15, 0.2) is 23.1 Å². The number of sulfonamides is 1. The predicted molar refractivity (Wildman–Crippen MR) is 83.2 cm³/mol. The van der Waals surface area contributed by atoms with E-state index in [0.717, 1.165) is 6.42 Å². The summed E-state index contributed by atoms with van der Waals surface area (Å²) in [5.74, 6) is 0.432. The molecule has 0 radical (unpaired) electrons. The largest absolute Gasteiger partial charge is 0.492 e. The number of nitriles is 1. The molecular formula is C15H21N3O3S. The van der Waals surface area contributed by atoms with E-state index in [-0.39, 0.29) is 10.5 Å². The van der Waals surface area contributed by atoms with Gasteiger partial charge in [-0.25, -0.2) is 8.42 Å². The second-order valence-corrected chi connectivity index (χ2v) is 7.26. The first-order valence-corrected chi connectivity index (χ1v) is 8.78. The zero-order chi connectivity index (χ0) is 16.2. The van der Waals surface area contributed by atoms with Crippen LogP contribution < -0.4 is 4.74 Å². The van der Waals surface area contributed by atoms with Crippen molar-refractivity contribution in [1.29, 1.82) is 5.26 Å². The molecule has 0 aliphatic carbocycles. The van der Waals surface area contributed by atoms with Crippen molar-refractivity contribution in [2.24, 2.45) is 0 Å². The molecule has 0 N–H and O–H groups in total. The summed E-state index contributed by atoms with van der Waals surface area (Å²) < 4.78 is 32.2. The number of likely N-dealkylation sites (N-methyl/N-ethyl adjacent to an activating group) is 1. The summed E-state index contributed by atoms with van der Waals surface area (Å²) in [4.78, 5) is 2.24. The molecular weight excluding hydrogens is 302 g/mol. The summed E-state index contributed by atoms with van der Waals surface area (Å²) >= 11 is 0. The first-order valence-electron chi connectivity index (χ1n) is 7.34. The van der Waals surface area contributed by atoms with Crippen molar-refractivity contribution in [3.8, 4) is 11.8 Å². The Kier molecular flexibility index (Phi) is 5.40. The number of piperazine rings is 1. The summed E-state index contributed by atoms with van der Waals surface area (Å²) in [6.45, 7) is 4.82. The van der Waals surface area contributed by atoms with E-state index in [2.05, 4.69) is 4.90 Å². The highest BCUT2D eigenvalue weighted by molar-refractivity contribution is 7.89. The van der Waals surface area contributed by atoms with Crippen LogP contribution >= 0.6 is 0 Å². The third kappa shape index (κ3) is 3.58. The van der Waals surface area contributed by atoms with Crippen molar-refractivity contribution in [3.05, 3.63) is 23.8 Å². The maximum absolute atomic E-state index is 12.6. The maximum atomic E-state index is 12.6. The van der Waals surface area contributed by atoms with E-state index in [1.165, 1.54) is 16.4 Å². The van der Waals surface area contributed by atoms with E-state index in [1.54, 1.807) is 6.07 Å². The lowest BCUT2D eigenvalue weighted by Gasteiger charge is -2.31. The molecule has 1 fully saturated rings. The number of benzene rings is 1. The number of ether oxygens (including phenoxy) is 1. The second-order valence-electron chi connectivity index (χ2n) is 5.33. The molecule has 0 aromatic heterocycles. The Balaban J connectivity index is 2.26. The number of hydrogen-bond acceptors (Lipinski definition) is 5. The second kappa shape index (κ2) is 7.09. The van der Waals surface area contributed by atoms with E-state index >= 15 is 0 Å². The van der Waals surface area contributed by atoms with E-state index in [4.69, 9.17) is 4.74 Å². The van der Waals surface area contributed by atoms with Gasteiger partial charge in [0.05, 0.1) is 17.1 Å². The van der Waals surface area contributed by atoms with Gasteiger partial charge in [0.25, 0.3) is 0 Å². The van der Waals surface area contributed by atoms with Gasteiger partial charge in [0.2, 0.25) is 10.0 Å². The normalized spacial score (nSPS) is 17.1. The van der Waals surface area contributed by atoms with Crippen LogP contribution in [0, 0.1) is 11.3 Å². The van der Waals surface area contributed by atoms with Crippen molar-refractivity contribution >= 4 is 10.0 Å². The minimum atomic E-state index is -3.56. The molecule has 1 heterocycles. The Morgan fingerprint density at radius 2 is 1.95 bits per heavy atom. The van der Waals surface area contributed by atoms with Gasteiger partial charge in [-0.2, -0.15) is 9.57 Å². The van der Waals surface area contributed by atoms with Crippen LogP contribution in [0.1, 0.15) is 18.9 Å². The number of rotatable bonds is 5.